The van der Waals surface area contributed by atoms with E-state index in [2.05, 4.69) is 26.1 Å². The van der Waals surface area contributed by atoms with Gasteiger partial charge in [-0.3, -0.25) is 14.4 Å². The number of hydrogen-bond donors (Lipinski definition) is 2. The fourth-order valence-electron chi connectivity index (χ4n) is 3.74. The quantitative estimate of drug-likeness (QED) is 0.731. The lowest BCUT2D eigenvalue weighted by Crippen LogP contribution is -2.43. The number of carboxylic acid groups (broad SMARTS) is 1. The molecule has 1 unspecified atom stereocenters. The van der Waals surface area contributed by atoms with Crippen LogP contribution in [0.25, 0.3) is 0 Å². The Hall–Kier alpha value is -2.14. The van der Waals surface area contributed by atoms with E-state index in [0.29, 0.717) is 12.6 Å². The summed E-state index contributed by atoms with van der Waals surface area (Å²) in [5.74, 6) is -2.81. The molecule has 0 bridgehead atoms. The van der Waals surface area contributed by atoms with Crippen molar-refractivity contribution in [3.63, 3.8) is 0 Å². The maximum Gasteiger partial charge on any atom is 0.490 e. The molecule has 2 N–H and O–H groups in total. The van der Waals surface area contributed by atoms with E-state index in [1.807, 2.05) is 6.20 Å². The maximum absolute atomic E-state index is 11.5. The molecule has 1 aliphatic heterocycles. The summed E-state index contributed by atoms with van der Waals surface area (Å²) in [5, 5.41) is 14.5. The molecule has 0 aromatic carbocycles. The second kappa shape index (κ2) is 10.6. The van der Waals surface area contributed by atoms with Gasteiger partial charge in [-0.2, -0.15) is 18.3 Å². The van der Waals surface area contributed by atoms with Gasteiger partial charge in [-0.15, -0.1) is 0 Å². The van der Waals surface area contributed by atoms with Crippen molar-refractivity contribution in [2.75, 3.05) is 26.8 Å². The molecule has 1 aromatic rings. The number of carbonyl (C=O) groups excluding carboxylic acids is 1. The van der Waals surface area contributed by atoms with E-state index >= 15 is 0 Å². The van der Waals surface area contributed by atoms with Crippen molar-refractivity contribution in [1.82, 2.24) is 20.0 Å². The van der Waals surface area contributed by atoms with Crippen LogP contribution in [-0.4, -0.2) is 70.7 Å². The highest BCUT2D eigenvalue weighted by Gasteiger charge is 2.38. The monoisotopic (exact) mass is 420 g/mol. The fraction of sp³-hybridized carbons (Fsp3) is 0.722. The summed E-state index contributed by atoms with van der Waals surface area (Å²) >= 11 is 0. The zero-order chi connectivity index (χ0) is 21.4. The molecule has 0 radical (unpaired) electrons. The Labute approximate surface area is 167 Å². The lowest BCUT2D eigenvalue weighted by molar-refractivity contribution is -0.192. The molecule has 1 aromatic heterocycles. The normalized spacial score (nSPS) is 19.9. The van der Waals surface area contributed by atoms with Crippen LogP contribution in [0.15, 0.2) is 12.3 Å². The van der Waals surface area contributed by atoms with Gasteiger partial charge in [0.2, 0.25) is 5.91 Å². The van der Waals surface area contributed by atoms with Gasteiger partial charge in [0.25, 0.3) is 0 Å². The van der Waals surface area contributed by atoms with Crippen LogP contribution in [-0.2, 0) is 20.9 Å². The number of hydrogen-bond acceptors (Lipinski definition) is 5. The molecule has 1 aliphatic carbocycles. The molecule has 29 heavy (non-hydrogen) atoms. The smallest absolute Gasteiger partial charge is 0.475 e. The van der Waals surface area contributed by atoms with Crippen LogP contribution in [0.5, 0.6) is 0 Å². The Balaban J connectivity index is 0.000000370. The number of carbonyl (C=O) groups is 2. The number of halogens is 3. The van der Waals surface area contributed by atoms with Crippen LogP contribution in [0.3, 0.4) is 0 Å². The lowest BCUT2D eigenvalue weighted by atomic mass is 10.1. The predicted octanol–water partition coefficient (Wildman–Crippen LogP) is 1.97. The number of aromatic nitrogens is 2. The molecule has 2 aliphatic rings. The van der Waals surface area contributed by atoms with Gasteiger partial charge in [0.15, 0.2) is 0 Å². The molecule has 0 saturated heterocycles. The number of fused-ring (bicyclic) bond motifs is 1. The zero-order valence-electron chi connectivity index (χ0n) is 16.3. The molecule has 1 fully saturated rings. The Kier molecular flexibility index (Phi) is 8.45. The number of alkyl halides is 3. The van der Waals surface area contributed by atoms with Crippen molar-refractivity contribution in [1.29, 1.82) is 0 Å². The molecular weight excluding hydrogens is 393 g/mol. The zero-order valence-corrected chi connectivity index (χ0v) is 16.3. The summed E-state index contributed by atoms with van der Waals surface area (Å²) in [5.41, 5.74) is 1.30. The number of carboxylic acids is 1. The third-order valence-corrected chi connectivity index (χ3v) is 5.07. The Morgan fingerprint density at radius 1 is 1.34 bits per heavy atom. The average molecular weight is 420 g/mol. The molecule has 8 nitrogen and oxygen atoms in total. The van der Waals surface area contributed by atoms with Gasteiger partial charge in [-0.05, 0) is 25.3 Å². The summed E-state index contributed by atoms with van der Waals surface area (Å²) in [6.45, 7) is 2.85. The summed E-state index contributed by atoms with van der Waals surface area (Å²) in [7, 11) is 1.54. The number of aliphatic carboxylic acids is 1. The number of nitrogens with zero attached hydrogens (tertiary/aromatic N) is 3. The maximum atomic E-state index is 11.5. The molecule has 164 valence electrons. The third-order valence-electron chi connectivity index (χ3n) is 5.07. The van der Waals surface area contributed by atoms with Crippen molar-refractivity contribution < 1.29 is 32.6 Å². The first-order valence-electron chi connectivity index (χ1n) is 9.54. The molecule has 11 heteroatoms. The first kappa shape index (κ1) is 23.1. The van der Waals surface area contributed by atoms with E-state index in [-0.39, 0.29) is 12.5 Å². The fourth-order valence-corrected chi connectivity index (χ4v) is 3.74. The van der Waals surface area contributed by atoms with Gasteiger partial charge < -0.3 is 15.2 Å². The van der Waals surface area contributed by atoms with E-state index in [4.69, 9.17) is 14.6 Å². The van der Waals surface area contributed by atoms with Gasteiger partial charge in [0.05, 0.1) is 11.7 Å². The second-order valence-corrected chi connectivity index (χ2v) is 7.16. The molecule has 2 heterocycles. The van der Waals surface area contributed by atoms with Crippen molar-refractivity contribution in [3.05, 3.63) is 18.0 Å². The minimum Gasteiger partial charge on any atom is -0.475 e. The van der Waals surface area contributed by atoms with Crippen LogP contribution in [0, 0.1) is 0 Å². The molecule has 0 spiro atoms. The summed E-state index contributed by atoms with van der Waals surface area (Å²) in [6.07, 6.45) is 3.09. The highest BCUT2D eigenvalue weighted by atomic mass is 19.4. The van der Waals surface area contributed by atoms with Gasteiger partial charge >= 0.3 is 12.1 Å². The number of rotatable bonds is 6. The van der Waals surface area contributed by atoms with Crippen LogP contribution < -0.4 is 5.32 Å². The van der Waals surface area contributed by atoms with Gasteiger partial charge in [-0.1, -0.05) is 12.8 Å². The number of methoxy groups -OCH3 is 1. The lowest BCUT2D eigenvalue weighted by Gasteiger charge is -2.37. The molecule has 1 atom stereocenters. The minimum atomic E-state index is -5.08. The molecular formula is C18H27F3N4O4. The minimum absolute atomic E-state index is 0.0494. The van der Waals surface area contributed by atoms with Crippen molar-refractivity contribution in [3.8, 4) is 0 Å². The Bertz CT molecular complexity index is 674. The molecule has 1 saturated carbocycles. The van der Waals surface area contributed by atoms with Crippen LogP contribution in [0.2, 0.25) is 0 Å². The van der Waals surface area contributed by atoms with E-state index in [9.17, 15) is 18.0 Å². The van der Waals surface area contributed by atoms with Crippen LogP contribution in [0.4, 0.5) is 13.2 Å². The number of ether oxygens (including phenoxy) is 1. The highest BCUT2D eigenvalue weighted by Crippen LogP contribution is 2.30. The topological polar surface area (TPSA) is 96.7 Å². The standard InChI is InChI=1S/C16H26N4O2.C2HF3O2/c1-22-12-16(21)17-8-6-14-10-19(13-4-2-3-5-13)11-15-7-9-18-20(14)15;3-2(4,5)1(6)7/h7,9,13-14H,2-6,8,10-12H2,1H3,(H,17,21);(H,6,7). The SMILES string of the molecule is COCC(=O)NCCC1CN(C2CCCC2)Cc2ccnn21.O=C(O)C(F)(F)F. The summed E-state index contributed by atoms with van der Waals surface area (Å²) in [4.78, 5) is 23.0. The van der Waals surface area contributed by atoms with Crippen molar-refractivity contribution in [2.45, 2.75) is 56.9 Å². The van der Waals surface area contributed by atoms with E-state index in [0.717, 1.165) is 25.6 Å². The van der Waals surface area contributed by atoms with Crippen molar-refractivity contribution in [2.24, 2.45) is 0 Å². The summed E-state index contributed by atoms with van der Waals surface area (Å²) < 4.78 is 38.7. The number of nitrogens with one attached hydrogen (secondary N) is 1. The number of amides is 1. The van der Waals surface area contributed by atoms with Gasteiger partial charge in [0, 0.05) is 39.0 Å². The van der Waals surface area contributed by atoms with Crippen LogP contribution >= 0.6 is 0 Å². The predicted molar refractivity (Wildman–Crippen MR) is 97.1 cm³/mol. The summed E-state index contributed by atoms with van der Waals surface area (Å²) in [6, 6.07) is 3.20. The largest absolute Gasteiger partial charge is 0.490 e. The van der Waals surface area contributed by atoms with E-state index < -0.39 is 12.1 Å². The van der Waals surface area contributed by atoms with Crippen LogP contribution in [0.1, 0.15) is 43.8 Å². The average Bonchev–Trinajstić information content (AvgIpc) is 3.33. The van der Waals surface area contributed by atoms with E-state index in [1.165, 1.54) is 38.5 Å². The highest BCUT2D eigenvalue weighted by molar-refractivity contribution is 5.77. The third kappa shape index (κ3) is 7.00. The van der Waals surface area contributed by atoms with Crippen molar-refractivity contribution >= 4 is 11.9 Å². The Morgan fingerprint density at radius 2 is 2.00 bits per heavy atom. The second-order valence-electron chi connectivity index (χ2n) is 7.16. The first-order chi connectivity index (χ1) is 13.7. The van der Waals surface area contributed by atoms with Gasteiger partial charge in [0.1, 0.15) is 6.61 Å². The molecule has 3 rings (SSSR count). The Morgan fingerprint density at radius 3 is 2.59 bits per heavy atom. The first-order valence-corrected chi connectivity index (χ1v) is 9.54. The van der Waals surface area contributed by atoms with Gasteiger partial charge in [-0.25, -0.2) is 4.79 Å². The molecule has 1 amide bonds. The van der Waals surface area contributed by atoms with E-state index in [1.54, 1.807) is 0 Å².